The van der Waals surface area contributed by atoms with Crippen LogP contribution in [0.25, 0.3) is 0 Å². The Morgan fingerprint density at radius 2 is 2.07 bits per heavy atom. The molecule has 4 heteroatoms. The van der Waals surface area contributed by atoms with Crippen molar-refractivity contribution < 1.29 is 14.6 Å². The third-order valence-corrected chi connectivity index (χ3v) is 2.24. The molecule has 84 valence electrons. The summed E-state index contributed by atoms with van der Waals surface area (Å²) in [6, 6.07) is -0.334. The molecule has 0 amide bonds. The maximum Gasteiger partial charge on any atom is 0.307 e. The van der Waals surface area contributed by atoms with E-state index in [2.05, 4.69) is 0 Å². The highest BCUT2D eigenvalue weighted by atomic mass is 16.5. The molecule has 14 heavy (non-hydrogen) atoms. The zero-order valence-corrected chi connectivity index (χ0v) is 9.19. The Kier molecular flexibility index (Phi) is 6.49. The van der Waals surface area contributed by atoms with Crippen LogP contribution < -0.4 is 5.73 Å². The highest BCUT2D eigenvalue weighted by molar-refractivity contribution is 5.70. The van der Waals surface area contributed by atoms with Gasteiger partial charge in [-0.3, -0.25) is 4.79 Å². The zero-order valence-electron chi connectivity index (χ0n) is 9.19. The number of rotatable bonds is 7. The summed E-state index contributed by atoms with van der Waals surface area (Å²) in [5, 5.41) is 8.72. The molecule has 1 unspecified atom stereocenters. The molecular weight excluding hydrogens is 182 g/mol. The van der Waals surface area contributed by atoms with E-state index in [-0.39, 0.29) is 12.1 Å². The highest BCUT2D eigenvalue weighted by Gasteiger charge is 2.21. The number of carboxylic acid groups (broad SMARTS) is 1. The van der Waals surface area contributed by atoms with Gasteiger partial charge in [-0.25, -0.2) is 0 Å². The van der Waals surface area contributed by atoms with Crippen molar-refractivity contribution in [3.05, 3.63) is 0 Å². The van der Waals surface area contributed by atoms with Crippen molar-refractivity contribution in [2.24, 2.45) is 11.7 Å². The summed E-state index contributed by atoms with van der Waals surface area (Å²) in [7, 11) is 0. The minimum Gasteiger partial charge on any atom is -0.481 e. The zero-order chi connectivity index (χ0) is 11.1. The van der Waals surface area contributed by atoms with Crippen LogP contribution in [0.2, 0.25) is 0 Å². The first-order chi connectivity index (χ1) is 6.49. The van der Waals surface area contributed by atoms with E-state index in [1.54, 1.807) is 6.92 Å². The monoisotopic (exact) mass is 203 g/mol. The predicted octanol–water partition coefficient (Wildman–Crippen LogP) is 1.24. The van der Waals surface area contributed by atoms with Crippen LogP contribution in [0.4, 0.5) is 0 Å². The number of hydrogen-bond acceptors (Lipinski definition) is 3. The van der Waals surface area contributed by atoms with Crippen molar-refractivity contribution in [2.75, 3.05) is 6.61 Å². The maximum atomic E-state index is 10.6. The van der Waals surface area contributed by atoms with Crippen LogP contribution in [-0.2, 0) is 9.53 Å². The first-order valence-electron chi connectivity index (χ1n) is 5.09. The summed E-state index contributed by atoms with van der Waals surface area (Å²) in [5.41, 5.74) is 5.73. The van der Waals surface area contributed by atoms with Crippen molar-refractivity contribution in [3.63, 3.8) is 0 Å². The fraction of sp³-hybridized carbons (Fsp3) is 0.900. The van der Waals surface area contributed by atoms with Crippen LogP contribution >= 0.6 is 0 Å². The lowest BCUT2D eigenvalue weighted by atomic mass is 9.98. The summed E-state index contributed by atoms with van der Waals surface area (Å²) < 4.78 is 5.42. The number of carboxylic acids is 1. The molecule has 0 heterocycles. The second-order valence-electron chi connectivity index (χ2n) is 3.71. The van der Waals surface area contributed by atoms with Crippen LogP contribution in [0.3, 0.4) is 0 Å². The Bertz CT molecular complexity index is 173. The molecule has 0 saturated carbocycles. The normalized spacial score (nSPS) is 17.4. The van der Waals surface area contributed by atoms with Crippen molar-refractivity contribution in [1.82, 2.24) is 0 Å². The van der Waals surface area contributed by atoms with Gasteiger partial charge in [0.15, 0.2) is 0 Å². The van der Waals surface area contributed by atoms with Gasteiger partial charge in [0.1, 0.15) is 0 Å². The number of ether oxygens (including phenoxy) is 1. The second kappa shape index (κ2) is 6.79. The van der Waals surface area contributed by atoms with E-state index in [0.717, 1.165) is 6.42 Å². The summed E-state index contributed by atoms with van der Waals surface area (Å²) in [5.74, 6) is -1.36. The van der Waals surface area contributed by atoms with E-state index in [1.165, 1.54) is 0 Å². The summed E-state index contributed by atoms with van der Waals surface area (Å²) in [6.45, 7) is 6.28. The van der Waals surface area contributed by atoms with Gasteiger partial charge in [0.2, 0.25) is 0 Å². The quantitative estimate of drug-likeness (QED) is 0.653. The van der Waals surface area contributed by atoms with Crippen molar-refractivity contribution >= 4 is 5.97 Å². The Balaban J connectivity index is 3.80. The Labute approximate surface area is 85.4 Å². The van der Waals surface area contributed by atoms with Gasteiger partial charge in [-0.05, 0) is 19.8 Å². The predicted molar refractivity (Wildman–Crippen MR) is 55.1 cm³/mol. The Hall–Kier alpha value is -0.610. The van der Waals surface area contributed by atoms with Gasteiger partial charge in [0.25, 0.3) is 0 Å². The minimum absolute atomic E-state index is 0.0340. The van der Waals surface area contributed by atoms with Crippen LogP contribution in [0.15, 0.2) is 0 Å². The Morgan fingerprint density at radius 1 is 1.50 bits per heavy atom. The third kappa shape index (κ3) is 5.19. The first kappa shape index (κ1) is 13.4. The van der Waals surface area contributed by atoms with Crippen LogP contribution in [0.1, 0.15) is 33.6 Å². The molecule has 0 aromatic heterocycles. The molecule has 0 aromatic rings. The lowest BCUT2D eigenvalue weighted by molar-refractivity contribution is -0.142. The molecule has 0 spiro atoms. The molecule has 0 aliphatic carbocycles. The average molecular weight is 203 g/mol. The fourth-order valence-corrected chi connectivity index (χ4v) is 1.16. The van der Waals surface area contributed by atoms with Crippen LogP contribution in [0, 0.1) is 5.92 Å². The van der Waals surface area contributed by atoms with E-state index in [1.807, 2.05) is 13.8 Å². The van der Waals surface area contributed by atoms with Crippen LogP contribution in [-0.4, -0.2) is 29.8 Å². The van der Waals surface area contributed by atoms with E-state index in [9.17, 15) is 4.79 Å². The van der Waals surface area contributed by atoms with E-state index in [4.69, 9.17) is 15.6 Å². The summed E-state index contributed by atoms with van der Waals surface area (Å²) in [4.78, 5) is 10.6. The van der Waals surface area contributed by atoms with Gasteiger partial charge >= 0.3 is 5.97 Å². The largest absolute Gasteiger partial charge is 0.481 e. The summed E-state index contributed by atoms with van der Waals surface area (Å²) >= 11 is 0. The molecule has 0 aromatic carbocycles. The van der Waals surface area contributed by atoms with E-state index < -0.39 is 11.9 Å². The first-order valence-corrected chi connectivity index (χ1v) is 5.09. The van der Waals surface area contributed by atoms with Crippen LogP contribution in [0.5, 0.6) is 0 Å². The molecule has 4 nitrogen and oxygen atoms in total. The van der Waals surface area contributed by atoms with Gasteiger partial charge in [0, 0.05) is 12.6 Å². The standard InChI is InChI=1S/C10H21NO3/c1-4-5-14-7(2)6-9(11)8(3)10(12)13/h7-9H,4-6,11H2,1-3H3,(H,12,13)/t7-,8?,9-/m0/s1. The number of carbonyl (C=O) groups is 1. The number of hydrogen-bond donors (Lipinski definition) is 2. The molecule has 0 radical (unpaired) electrons. The van der Waals surface area contributed by atoms with Gasteiger partial charge in [-0.15, -0.1) is 0 Å². The lowest BCUT2D eigenvalue weighted by Gasteiger charge is -2.20. The molecule has 0 rings (SSSR count). The van der Waals surface area contributed by atoms with E-state index >= 15 is 0 Å². The number of nitrogens with two attached hydrogens (primary N) is 1. The smallest absolute Gasteiger partial charge is 0.307 e. The van der Waals surface area contributed by atoms with Gasteiger partial charge in [0.05, 0.1) is 12.0 Å². The van der Waals surface area contributed by atoms with Gasteiger partial charge in [-0.2, -0.15) is 0 Å². The molecule has 3 N–H and O–H groups in total. The molecular formula is C10H21NO3. The van der Waals surface area contributed by atoms with Gasteiger partial charge < -0.3 is 15.6 Å². The van der Waals surface area contributed by atoms with Crippen molar-refractivity contribution in [3.8, 4) is 0 Å². The second-order valence-corrected chi connectivity index (χ2v) is 3.71. The lowest BCUT2D eigenvalue weighted by Crippen LogP contribution is -2.36. The van der Waals surface area contributed by atoms with E-state index in [0.29, 0.717) is 13.0 Å². The SMILES string of the molecule is CCCO[C@@H](C)C[C@H](N)C(C)C(=O)O. The third-order valence-electron chi connectivity index (χ3n) is 2.24. The molecule has 0 aliphatic heterocycles. The summed E-state index contributed by atoms with van der Waals surface area (Å²) in [6.07, 6.45) is 1.59. The molecule has 3 atom stereocenters. The topological polar surface area (TPSA) is 72.5 Å². The van der Waals surface area contributed by atoms with Crippen molar-refractivity contribution in [2.45, 2.75) is 45.8 Å². The number of aliphatic carboxylic acids is 1. The molecule has 0 bridgehead atoms. The molecule has 0 aliphatic rings. The van der Waals surface area contributed by atoms with Crippen molar-refractivity contribution in [1.29, 1.82) is 0 Å². The molecule has 0 fully saturated rings. The average Bonchev–Trinajstić information content (AvgIpc) is 2.13. The molecule has 0 saturated heterocycles. The Morgan fingerprint density at radius 3 is 2.50 bits per heavy atom. The minimum atomic E-state index is -0.847. The van der Waals surface area contributed by atoms with Gasteiger partial charge in [-0.1, -0.05) is 13.8 Å². The fourth-order valence-electron chi connectivity index (χ4n) is 1.16. The maximum absolute atomic E-state index is 10.6. The highest BCUT2D eigenvalue weighted by Crippen LogP contribution is 2.09.